The van der Waals surface area contributed by atoms with Gasteiger partial charge in [0.2, 0.25) is 10.0 Å². The van der Waals surface area contributed by atoms with Crippen molar-refractivity contribution in [1.29, 1.82) is 0 Å². The second-order valence-electron chi connectivity index (χ2n) is 4.93. The van der Waals surface area contributed by atoms with E-state index in [-0.39, 0.29) is 17.8 Å². The predicted octanol–water partition coefficient (Wildman–Crippen LogP) is 1.30. The van der Waals surface area contributed by atoms with Gasteiger partial charge in [0, 0.05) is 30.1 Å². The minimum atomic E-state index is -3.13. The maximum absolute atomic E-state index is 12.3. The Bertz CT molecular complexity index is 460. The van der Waals surface area contributed by atoms with Gasteiger partial charge in [0.1, 0.15) is 0 Å². The normalized spacial score (nSPS) is 26.3. The highest BCUT2D eigenvalue weighted by Gasteiger charge is 2.29. The molecule has 0 aromatic carbocycles. The summed E-state index contributed by atoms with van der Waals surface area (Å²) in [6.45, 7) is 5.21. The molecule has 1 N–H and O–H groups in total. The number of hydrogen-bond acceptors (Lipinski definition) is 4. The molecule has 6 heteroatoms. The summed E-state index contributed by atoms with van der Waals surface area (Å²) in [5.74, 6) is 0.215. The van der Waals surface area contributed by atoms with Crippen LogP contribution in [0.5, 0.6) is 0 Å². The van der Waals surface area contributed by atoms with E-state index in [0.29, 0.717) is 19.5 Å². The molecule has 0 aliphatic carbocycles. The van der Waals surface area contributed by atoms with E-state index in [1.807, 2.05) is 31.4 Å². The number of hydrogen-bond donors (Lipinski definition) is 1. The quantitative estimate of drug-likeness (QED) is 0.908. The van der Waals surface area contributed by atoms with Crippen LogP contribution in [0.1, 0.15) is 18.7 Å². The molecular formula is C12H20N2O2S2. The van der Waals surface area contributed by atoms with Gasteiger partial charge in [-0.2, -0.15) is 4.31 Å². The van der Waals surface area contributed by atoms with Crippen LogP contribution in [0.2, 0.25) is 0 Å². The highest BCUT2D eigenvalue weighted by Crippen LogP contribution is 2.14. The Hall–Kier alpha value is -0.430. The molecule has 0 saturated carbocycles. The zero-order valence-electron chi connectivity index (χ0n) is 10.8. The van der Waals surface area contributed by atoms with Gasteiger partial charge in [-0.15, -0.1) is 11.3 Å². The molecule has 2 unspecified atom stereocenters. The Kier molecular flexibility index (Phi) is 4.42. The monoisotopic (exact) mass is 288 g/mol. The van der Waals surface area contributed by atoms with E-state index in [2.05, 4.69) is 5.32 Å². The molecule has 2 rings (SSSR count). The molecular weight excluding hydrogens is 268 g/mol. The van der Waals surface area contributed by atoms with Crippen molar-refractivity contribution in [1.82, 2.24) is 9.62 Å². The van der Waals surface area contributed by atoms with Gasteiger partial charge in [0.25, 0.3) is 0 Å². The topological polar surface area (TPSA) is 49.4 Å². The van der Waals surface area contributed by atoms with Crippen LogP contribution in [-0.4, -0.2) is 43.6 Å². The van der Waals surface area contributed by atoms with Crippen molar-refractivity contribution in [3.8, 4) is 0 Å². The molecule has 2 heterocycles. The minimum absolute atomic E-state index is 0.215. The molecule has 4 nitrogen and oxygen atoms in total. The van der Waals surface area contributed by atoms with Crippen molar-refractivity contribution < 1.29 is 8.42 Å². The standard InChI is InChI=1S/C12H20N2O2S2/c1-10-8-14(9-11(2)13-10)18(15,16)7-5-12-4-3-6-17-12/h3-4,6,10-11,13H,5,7-9H2,1-2H3. The fourth-order valence-electron chi connectivity index (χ4n) is 2.32. The Balaban J connectivity index is 1.97. The molecule has 102 valence electrons. The Morgan fingerprint density at radius 3 is 2.61 bits per heavy atom. The third-order valence-electron chi connectivity index (χ3n) is 3.10. The van der Waals surface area contributed by atoms with Crippen molar-refractivity contribution in [2.45, 2.75) is 32.4 Å². The van der Waals surface area contributed by atoms with Gasteiger partial charge in [-0.1, -0.05) is 6.07 Å². The molecule has 1 fully saturated rings. The predicted molar refractivity (Wildman–Crippen MR) is 75.4 cm³/mol. The molecule has 0 bridgehead atoms. The molecule has 18 heavy (non-hydrogen) atoms. The first-order chi connectivity index (χ1) is 8.47. The summed E-state index contributed by atoms with van der Waals surface area (Å²) in [6, 6.07) is 4.40. The van der Waals surface area contributed by atoms with Gasteiger partial charge in [-0.05, 0) is 31.7 Å². The average Bonchev–Trinajstić information content (AvgIpc) is 2.78. The third kappa shape index (κ3) is 3.54. The zero-order valence-corrected chi connectivity index (χ0v) is 12.4. The minimum Gasteiger partial charge on any atom is -0.309 e. The van der Waals surface area contributed by atoms with Crippen LogP contribution < -0.4 is 5.32 Å². The molecule has 0 spiro atoms. The number of rotatable bonds is 4. The van der Waals surface area contributed by atoms with E-state index >= 15 is 0 Å². The summed E-state index contributed by atoms with van der Waals surface area (Å²) < 4.78 is 26.2. The summed E-state index contributed by atoms with van der Waals surface area (Å²) in [5, 5.41) is 5.33. The van der Waals surface area contributed by atoms with Crippen molar-refractivity contribution >= 4 is 21.4 Å². The Morgan fingerprint density at radius 1 is 1.39 bits per heavy atom. The van der Waals surface area contributed by atoms with Crippen LogP contribution >= 0.6 is 11.3 Å². The van der Waals surface area contributed by atoms with Gasteiger partial charge >= 0.3 is 0 Å². The van der Waals surface area contributed by atoms with Gasteiger partial charge in [-0.25, -0.2) is 8.42 Å². The summed E-state index contributed by atoms with van der Waals surface area (Å²) in [6.07, 6.45) is 0.618. The van der Waals surface area contributed by atoms with Crippen molar-refractivity contribution in [2.24, 2.45) is 0 Å². The highest BCUT2D eigenvalue weighted by molar-refractivity contribution is 7.89. The van der Waals surface area contributed by atoms with Crippen LogP contribution in [0.25, 0.3) is 0 Å². The molecule has 2 atom stereocenters. The Morgan fingerprint density at radius 2 is 2.06 bits per heavy atom. The maximum atomic E-state index is 12.3. The van der Waals surface area contributed by atoms with E-state index in [1.54, 1.807) is 15.6 Å². The highest BCUT2D eigenvalue weighted by atomic mass is 32.2. The van der Waals surface area contributed by atoms with Gasteiger partial charge in [0.15, 0.2) is 0 Å². The van der Waals surface area contributed by atoms with Crippen LogP contribution in [-0.2, 0) is 16.4 Å². The Labute approximate surface area is 113 Å². The molecule has 1 aromatic heterocycles. The average molecular weight is 288 g/mol. The largest absolute Gasteiger partial charge is 0.309 e. The maximum Gasteiger partial charge on any atom is 0.214 e. The van der Waals surface area contributed by atoms with E-state index < -0.39 is 10.0 Å². The van der Waals surface area contributed by atoms with Crippen LogP contribution in [0.15, 0.2) is 17.5 Å². The SMILES string of the molecule is CC1CN(S(=O)(=O)CCc2cccs2)CC(C)N1. The molecule has 1 aliphatic rings. The summed E-state index contributed by atoms with van der Waals surface area (Å²) in [4.78, 5) is 1.13. The van der Waals surface area contributed by atoms with Crippen LogP contribution in [0.3, 0.4) is 0 Å². The van der Waals surface area contributed by atoms with Crippen molar-refractivity contribution in [3.05, 3.63) is 22.4 Å². The first-order valence-electron chi connectivity index (χ1n) is 6.23. The first kappa shape index (κ1) is 14.0. The number of aryl methyl sites for hydroxylation is 1. The lowest BCUT2D eigenvalue weighted by Crippen LogP contribution is -2.56. The smallest absolute Gasteiger partial charge is 0.214 e. The molecule has 1 aliphatic heterocycles. The van der Waals surface area contributed by atoms with E-state index in [0.717, 1.165) is 4.88 Å². The molecule has 0 amide bonds. The number of piperazine rings is 1. The zero-order chi connectivity index (χ0) is 13.2. The fourth-order valence-corrected chi connectivity index (χ4v) is 4.79. The summed E-state index contributed by atoms with van der Waals surface area (Å²) >= 11 is 1.62. The van der Waals surface area contributed by atoms with Gasteiger partial charge < -0.3 is 5.32 Å². The van der Waals surface area contributed by atoms with Crippen molar-refractivity contribution in [3.63, 3.8) is 0 Å². The first-order valence-corrected chi connectivity index (χ1v) is 8.72. The van der Waals surface area contributed by atoms with Gasteiger partial charge in [0.05, 0.1) is 5.75 Å². The fraction of sp³-hybridized carbons (Fsp3) is 0.667. The lowest BCUT2D eigenvalue weighted by atomic mass is 10.2. The molecule has 1 aromatic rings. The number of nitrogens with one attached hydrogen (secondary N) is 1. The van der Waals surface area contributed by atoms with Crippen LogP contribution in [0, 0.1) is 0 Å². The van der Waals surface area contributed by atoms with E-state index in [9.17, 15) is 8.42 Å². The summed E-state index contributed by atoms with van der Waals surface area (Å²) in [5.41, 5.74) is 0. The summed E-state index contributed by atoms with van der Waals surface area (Å²) in [7, 11) is -3.13. The van der Waals surface area contributed by atoms with E-state index in [1.165, 1.54) is 0 Å². The number of sulfonamides is 1. The second kappa shape index (κ2) is 5.69. The van der Waals surface area contributed by atoms with Crippen molar-refractivity contribution in [2.75, 3.05) is 18.8 Å². The molecule has 0 radical (unpaired) electrons. The van der Waals surface area contributed by atoms with E-state index in [4.69, 9.17) is 0 Å². The second-order valence-corrected chi connectivity index (χ2v) is 8.05. The lowest BCUT2D eigenvalue weighted by Gasteiger charge is -2.35. The number of nitrogens with zero attached hydrogens (tertiary/aromatic N) is 1. The van der Waals surface area contributed by atoms with Gasteiger partial charge in [-0.3, -0.25) is 0 Å². The van der Waals surface area contributed by atoms with Crippen LogP contribution in [0.4, 0.5) is 0 Å². The molecule has 1 saturated heterocycles. The number of thiophene rings is 1. The lowest BCUT2D eigenvalue weighted by molar-refractivity contribution is 0.263. The third-order valence-corrected chi connectivity index (χ3v) is 5.85.